The van der Waals surface area contributed by atoms with Crippen LogP contribution in [0.15, 0.2) is 30.5 Å². The van der Waals surface area contributed by atoms with E-state index in [-0.39, 0.29) is 23.4 Å². The number of rotatable bonds is 5. The summed E-state index contributed by atoms with van der Waals surface area (Å²) >= 11 is 0. The maximum absolute atomic E-state index is 12.4. The summed E-state index contributed by atoms with van der Waals surface area (Å²) in [4.78, 5) is 13.9. The molecule has 2 aromatic rings. The van der Waals surface area contributed by atoms with E-state index < -0.39 is 0 Å². The number of aromatic hydroxyl groups is 1. The Balaban J connectivity index is 2.29. The number of carbonyl (C=O) groups is 1. The highest BCUT2D eigenvalue weighted by atomic mass is 16.3. The van der Waals surface area contributed by atoms with Crippen LogP contribution >= 0.6 is 0 Å². The number of carbonyl (C=O) groups excluding carboxylic acids is 1. The van der Waals surface area contributed by atoms with Gasteiger partial charge in [-0.25, -0.2) is 4.68 Å². The normalized spacial score (nSPS) is 12.4. The summed E-state index contributed by atoms with van der Waals surface area (Å²) in [5.41, 5.74) is 7.62. The molecule has 1 atom stereocenters. The Labute approximate surface area is 136 Å². The molecule has 1 heterocycles. The van der Waals surface area contributed by atoms with Crippen LogP contribution in [0.2, 0.25) is 0 Å². The smallest absolute Gasteiger partial charge is 0.278 e. The Morgan fingerprint density at radius 1 is 1.30 bits per heavy atom. The minimum Gasteiger partial charge on any atom is -0.504 e. The van der Waals surface area contributed by atoms with Crippen LogP contribution in [0.5, 0.6) is 5.75 Å². The van der Waals surface area contributed by atoms with Crippen molar-refractivity contribution >= 4 is 5.91 Å². The SMILES string of the molecule is CC(C)c1ccc(-n2cc(O)c(C(=O)N(C)C(C)CN)n2)cc1. The number of nitrogens with zero attached hydrogens (tertiary/aromatic N) is 3. The molecule has 1 amide bonds. The highest BCUT2D eigenvalue weighted by Gasteiger charge is 2.23. The fraction of sp³-hybridized carbons (Fsp3) is 0.412. The summed E-state index contributed by atoms with van der Waals surface area (Å²) in [5.74, 6) is -0.0457. The van der Waals surface area contributed by atoms with E-state index in [1.807, 2.05) is 31.2 Å². The first-order valence-corrected chi connectivity index (χ1v) is 7.71. The van der Waals surface area contributed by atoms with E-state index in [1.54, 1.807) is 7.05 Å². The summed E-state index contributed by atoms with van der Waals surface area (Å²) in [7, 11) is 1.65. The molecule has 0 spiro atoms. The zero-order chi connectivity index (χ0) is 17.1. The monoisotopic (exact) mass is 316 g/mol. The number of aromatic nitrogens is 2. The van der Waals surface area contributed by atoms with E-state index in [2.05, 4.69) is 18.9 Å². The first kappa shape index (κ1) is 17.0. The van der Waals surface area contributed by atoms with Crippen LogP contribution in [-0.2, 0) is 0 Å². The van der Waals surface area contributed by atoms with E-state index in [0.717, 1.165) is 5.69 Å². The molecule has 1 unspecified atom stereocenters. The van der Waals surface area contributed by atoms with Crippen molar-refractivity contribution in [1.82, 2.24) is 14.7 Å². The molecule has 0 aliphatic rings. The quantitative estimate of drug-likeness (QED) is 0.885. The third-order valence-electron chi connectivity index (χ3n) is 4.04. The van der Waals surface area contributed by atoms with Gasteiger partial charge in [0.2, 0.25) is 0 Å². The molecule has 1 aromatic carbocycles. The second kappa shape index (κ2) is 6.83. The molecule has 6 heteroatoms. The fourth-order valence-corrected chi connectivity index (χ4v) is 2.19. The van der Waals surface area contributed by atoms with Gasteiger partial charge in [-0.2, -0.15) is 5.10 Å². The predicted molar refractivity (Wildman–Crippen MR) is 89.9 cm³/mol. The van der Waals surface area contributed by atoms with Crippen molar-refractivity contribution < 1.29 is 9.90 Å². The van der Waals surface area contributed by atoms with Gasteiger partial charge in [-0.05, 0) is 30.5 Å². The van der Waals surface area contributed by atoms with Gasteiger partial charge in [0.05, 0.1) is 11.9 Å². The Hall–Kier alpha value is -2.34. The summed E-state index contributed by atoms with van der Waals surface area (Å²) in [6, 6.07) is 7.74. The molecule has 124 valence electrons. The average molecular weight is 316 g/mol. The first-order valence-electron chi connectivity index (χ1n) is 7.71. The predicted octanol–water partition coefficient (Wildman–Crippen LogP) is 2.12. The molecule has 2 rings (SSSR count). The highest BCUT2D eigenvalue weighted by Crippen LogP contribution is 2.21. The highest BCUT2D eigenvalue weighted by molar-refractivity contribution is 5.94. The third-order valence-corrected chi connectivity index (χ3v) is 4.04. The van der Waals surface area contributed by atoms with Crippen LogP contribution in [-0.4, -0.2) is 45.3 Å². The summed E-state index contributed by atoms with van der Waals surface area (Å²) in [6.45, 7) is 6.44. The van der Waals surface area contributed by atoms with Crippen LogP contribution in [0.25, 0.3) is 5.69 Å². The Morgan fingerprint density at radius 2 is 1.91 bits per heavy atom. The number of nitrogens with two attached hydrogens (primary N) is 1. The molecule has 23 heavy (non-hydrogen) atoms. The molecule has 0 aliphatic heterocycles. The molecule has 3 N–H and O–H groups in total. The van der Waals surface area contributed by atoms with Crippen molar-refractivity contribution in [1.29, 1.82) is 0 Å². The number of likely N-dealkylation sites (N-methyl/N-ethyl adjacent to an activating group) is 1. The largest absolute Gasteiger partial charge is 0.504 e. The van der Waals surface area contributed by atoms with Crippen LogP contribution in [0.4, 0.5) is 0 Å². The van der Waals surface area contributed by atoms with Crippen LogP contribution in [0, 0.1) is 0 Å². The van der Waals surface area contributed by atoms with Gasteiger partial charge < -0.3 is 15.7 Å². The van der Waals surface area contributed by atoms with Crippen molar-refractivity contribution in [2.75, 3.05) is 13.6 Å². The fourth-order valence-electron chi connectivity index (χ4n) is 2.19. The van der Waals surface area contributed by atoms with Crippen LogP contribution in [0.3, 0.4) is 0 Å². The third kappa shape index (κ3) is 3.53. The lowest BCUT2D eigenvalue weighted by molar-refractivity contribution is 0.0739. The van der Waals surface area contributed by atoms with Crippen LogP contribution < -0.4 is 5.73 Å². The van der Waals surface area contributed by atoms with Crippen molar-refractivity contribution in [2.24, 2.45) is 5.73 Å². The van der Waals surface area contributed by atoms with Crippen LogP contribution in [0.1, 0.15) is 42.7 Å². The molecular formula is C17H24N4O2. The molecule has 0 saturated heterocycles. The second-order valence-electron chi connectivity index (χ2n) is 6.05. The van der Waals surface area contributed by atoms with Gasteiger partial charge in [0.25, 0.3) is 5.91 Å². The maximum Gasteiger partial charge on any atom is 0.278 e. The van der Waals surface area contributed by atoms with Gasteiger partial charge in [-0.3, -0.25) is 4.79 Å². The van der Waals surface area contributed by atoms with Crippen molar-refractivity contribution in [3.63, 3.8) is 0 Å². The molecular weight excluding hydrogens is 292 g/mol. The summed E-state index contributed by atoms with van der Waals surface area (Å²) < 4.78 is 1.51. The van der Waals surface area contributed by atoms with E-state index >= 15 is 0 Å². The average Bonchev–Trinajstić information content (AvgIpc) is 2.94. The number of amides is 1. The van der Waals surface area contributed by atoms with Crippen molar-refractivity contribution in [3.05, 3.63) is 41.7 Å². The zero-order valence-corrected chi connectivity index (χ0v) is 14.0. The maximum atomic E-state index is 12.4. The first-order chi connectivity index (χ1) is 10.8. The molecule has 0 radical (unpaired) electrons. The van der Waals surface area contributed by atoms with Gasteiger partial charge in [-0.1, -0.05) is 26.0 Å². The molecule has 0 fully saturated rings. The van der Waals surface area contributed by atoms with E-state index in [9.17, 15) is 9.90 Å². The van der Waals surface area contributed by atoms with Gasteiger partial charge in [0.1, 0.15) is 0 Å². The van der Waals surface area contributed by atoms with Crippen molar-refractivity contribution in [2.45, 2.75) is 32.7 Å². The van der Waals surface area contributed by atoms with Gasteiger partial charge in [0.15, 0.2) is 11.4 Å². The second-order valence-corrected chi connectivity index (χ2v) is 6.05. The zero-order valence-electron chi connectivity index (χ0n) is 14.0. The standard InChI is InChI=1S/C17H24N4O2/c1-11(2)13-5-7-14(8-6-13)21-10-15(22)16(19-21)17(23)20(4)12(3)9-18/h5-8,10-12,22H,9,18H2,1-4H3. The van der Waals surface area contributed by atoms with Gasteiger partial charge >= 0.3 is 0 Å². The molecule has 0 aliphatic carbocycles. The lowest BCUT2D eigenvalue weighted by Gasteiger charge is -2.22. The molecule has 0 saturated carbocycles. The van der Waals surface area contributed by atoms with Gasteiger partial charge in [-0.15, -0.1) is 0 Å². The lowest BCUT2D eigenvalue weighted by atomic mass is 10.0. The Morgan fingerprint density at radius 3 is 2.43 bits per heavy atom. The van der Waals surface area contributed by atoms with E-state index in [0.29, 0.717) is 12.5 Å². The van der Waals surface area contributed by atoms with E-state index in [4.69, 9.17) is 5.73 Å². The topological polar surface area (TPSA) is 84.4 Å². The lowest BCUT2D eigenvalue weighted by Crippen LogP contribution is -2.39. The molecule has 1 aromatic heterocycles. The Bertz CT molecular complexity index is 676. The minimum atomic E-state index is -0.349. The van der Waals surface area contributed by atoms with Crippen molar-refractivity contribution in [3.8, 4) is 11.4 Å². The number of benzene rings is 1. The molecule has 0 bridgehead atoms. The number of hydrogen-bond acceptors (Lipinski definition) is 4. The van der Waals surface area contributed by atoms with E-state index in [1.165, 1.54) is 21.3 Å². The number of hydrogen-bond donors (Lipinski definition) is 2. The minimum absolute atomic E-state index is 0.0285. The summed E-state index contributed by atoms with van der Waals surface area (Å²) in [6.07, 6.45) is 1.44. The summed E-state index contributed by atoms with van der Waals surface area (Å²) in [5, 5.41) is 14.3. The van der Waals surface area contributed by atoms with Gasteiger partial charge in [0, 0.05) is 19.6 Å². The molecule has 6 nitrogen and oxygen atoms in total. The Kier molecular flexibility index (Phi) is 5.05.